The van der Waals surface area contributed by atoms with Crippen molar-refractivity contribution in [1.82, 2.24) is 20.8 Å². The molecule has 1 saturated heterocycles. The van der Waals surface area contributed by atoms with Gasteiger partial charge in [-0.15, -0.1) is 0 Å². The van der Waals surface area contributed by atoms with Gasteiger partial charge in [-0.05, 0) is 6.07 Å². The number of aliphatic hydroxyl groups is 1. The summed E-state index contributed by atoms with van der Waals surface area (Å²) < 4.78 is 5.23. The summed E-state index contributed by atoms with van der Waals surface area (Å²) in [5.74, 6) is -0.170. The first-order valence-corrected chi connectivity index (χ1v) is 7.79. The summed E-state index contributed by atoms with van der Waals surface area (Å²) >= 11 is 0. The van der Waals surface area contributed by atoms with E-state index in [1.54, 1.807) is 6.07 Å². The Kier molecular flexibility index (Phi) is 4.08. The first kappa shape index (κ1) is 15.9. The number of hydrogen-bond acceptors (Lipinski definition) is 6. The van der Waals surface area contributed by atoms with E-state index in [9.17, 15) is 9.90 Å². The van der Waals surface area contributed by atoms with Crippen molar-refractivity contribution in [1.29, 1.82) is 0 Å². The first-order valence-electron chi connectivity index (χ1n) is 7.79. The molecule has 3 heterocycles. The highest BCUT2D eigenvalue weighted by atomic mass is 16.5. The molecule has 1 amide bonds. The number of nitrogens with zero attached hydrogens (tertiary/aromatic N) is 2. The molecule has 124 valence electrons. The van der Waals surface area contributed by atoms with Crippen LogP contribution < -0.4 is 10.6 Å². The molecule has 2 aromatic rings. The predicted octanol–water partition coefficient (Wildman–Crippen LogP) is 0.830. The van der Waals surface area contributed by atoms with Gasteiger partial charge in [0.05, 0.1) is 22.7 Å². The van der Waals surface area contributed by atoms with Gasteiger partial charge >= 0.3 is 0 Å². The number of carbonyl (C=O) groups excluding carboxylic acids is 1. The molecule has 2 aromatic heterocycles. The van der Waals surface area contributed by atoms with Crippen LogP contribution in [0.1, 0.15) is 36.8 Å². The molecule has 0 saturated carbocycles. The number of hydrogen-bond donors (Lipinski definition) is 3. The zero-order valence-electron chi connectivity index (χ0n) is 13.6. The van der Waals surface area contributed by atoms with Gasteiger partial charge in [0.25, 0.3) is 11.6 Å². The van der Waals surface area contributed by atoms with Crippen LogP contribution in [0.25, 0.3) is 11.1 Å². The molecule has 1 fully saturated rings. The second-order valence-electron chi connectivity index (χ2n) is 7.05. The molecule has 3 N–H and O–H groups in total. The molecule has 3 rings (SSSR count). The number of pyridine rings is 1. The third kappa shape index (κ3) is 3.20. The average Bonchev–Trinajstić information content (AvgIpc) is 3.09. The van der Waals surface area contributed by atoms with Gasteiger partial charge in [0.15, 0.2) is 0 Å². The Balaban J connectivity index is 1.78. The van der Waals surface area contributed by atoms with E-state index >= 15 is 0 Å². The van der Waals surface area contributed by atoms with Crippen LogP contribution in [0.3, 0.4) is 0 Å². The van der Waals surface area contributed by atoms with E-state index in [2.05, 4.69) is 20.8 Å². The molecule has 2 atom stereocenters. The number of aliphatic hydroxyl groups excluding tert-OH is 1. The number of β-amino-alcohol motifs (C(OH)–C–C–N with tert-alkyl or cyclic N) is 1. The van der Waals surface area contributed by atoms with E-state index < -0.39 is 6.10 Å². The fraction of sp³-hybridized carbons (Fsp3) is 0.562. The van der Waals surface area contributed by atoms with Crippen LogP contribution in [0, 0.1) is 5.92 Å². The van der Waals surface area contributed by atoms with Crippen molar-refractivity contribution >= 4 is 17.0 Å². The third-order valence-electron chi connectivity index (χ3n) is 4.13. The fourth-order valence-corrected chi connectivity index (χ4v) is 2.75. The number of amides is 1. The lowest BCUT2D eigenvalue weighted by Gasteiger charge is -2.15. The van der Waals surface area contributed by atoms with E-state index in [4.69, 9.17) is 4.52 Å². The minimum atomic E-state index is -0.415. The molecule has 23 heavy (non-hydrogen) atoms. The van der Waals surface area contributed by atoms with E-state index in [-0.39, 0.29) is 17.2 Å². The largest absolute Gasteiger partial charge is 0.391 e. The second-order valence-corrected chi connectivity index (χ2v) is 7.05. The molecule has 7 heteroatoms. The smallest absolute Gasteiger partial charge is 0.257 e. The Bertz CT molecular complexity index is 720. The van der Waals surface area contributed by atoms with Crippen LogP contribution in [-0.2, 0) is 5.41 Å². The quantitative estimate of drug-likeness (QED) is 0.775. The molecule has 2 unspecified atom stereocenters. The molecule has 0 aliphatic carbocycles. The predicted molar refractivity (Wildman–Crippen MR) is 85.2 cm³/mol. The number of nitrogens with one attached hydrogen (secondary N) is 2. The van der Waals surface area contributed by atoms with Gasteiger partial charge in [-0.1, -0.05) is 25.9 Å². The average molecular weight is 318 g/mol. The lowest BCUT2D eigenvalue weighted by Crippen LogP contribution is -2.34. The van der Waals surface area contributed by atoms with Crippen molar-refractivity contribution in [2.45, 2.75) is 32.3 Å². The summed E-state index contributed by atoms with van der Waals surface area (Å²) in [4.78, 5) is 16.5. The zero-order valence-corrected chi connectivity index (χ0v) is 13.6. The Morgan fingerprint density at radius 3 is 2.91 bits per heavy atom. The Labute approximate surface area is 134 Å². The molecule has 1 aliphatic rings. The van der Waals surface area contributed by atoms with Crippen molar-refractivity contribution in [3.05, 3.63) is 23.5 Å². The van der Waals surface area contributed by atoms with Crippen molar-refractivity contribution in [3.63, 3.8) is 0 Å². The zero-order chi connectivity index (χ0) is 16.6. The van der Waals surface area contributed by atoms with Crippen molar-refractivity contribution < 1.29 is 14.4 Å². The topological polar surface area (TPSA) is 100 Å². The number of fused-ring (bicyclic) bond motifs is 1. The van der Waals surface area contributed by atoms with Gasteiger partial charge in [-0.25, -0.2) is 4.98 Å². The maximum Gasteiger partial charge on any atom is 0.257 e. The van der Waals surface area contributed by atoms with E-state index in [1.165, 1.54) is 6.20 Å². The summed E-state index contributed by atoms with van der Waals surface area (Å²) in [5.41, 5.74) is 1.49. The molecular weight excluding hydrogens is 296 g/mol. The summed E-state index contributed by atoms with van der Waals surface area (Å²) in [5, 5.41) is 20.6. The standard InChI is InChI=1S/C16H22N4O3/c1-16(2,3)13-11-4-9(6-19-15(11)23-20-13)14(22)18-7-10-5-17-8-12(10)21/h4,6,10,12,17,21H,5,7-8H2,1-3H3,(H,18,22). The Morgan fingerprint density at radius 1 is 1.48 bits per heavy atom. The molecule has 7 nitrogen and oxygen atoms in total. The molecule has 1 aliphatic heterocycles. The monoisotopic (exact) mass is 318 g/mol. The van der Waals surface area contributed by atoms with E-state index in [0.717, 1.165) is 11.1 Å². The SMILES string of the molecule is CC(C)(C)c1noc2ncc(C(=O)NCC3CNCC3O)cc12. The third-order valence-corrected chi connectivity index (χ3v) is 4.13. The maximum absolute atomic E-state index is 12.3. The van der Waals surface area contributed by atoms with Gasteiger partial charge < -0.3 is 20.3 Å². The molecule has 0 aromatic carbocycles. The fourth-order valence-electron chi connectivity index (χ4n) is 2.75. The number of aromatic nitrogens is 2. The second kappa shape index (κ2) is 5.90. The van der Waals surface area contributed by atoms with Gasteiger partial charge in [0.2, 0.25) is 0 Å². The summed E-state index contributed by atoms with van der Waals surface area (Å²) in [6.45, 7) is 7.81. The van der Waals surface area contributed by atoms with Crippen LogP contribution in [0.15, 0.2) is 16.8 Å². The normalized spacial score (nSPS) is 21.7. The number of carbonyl (C=O) groups is 1. The molecule has 0 bridgehead atoms. The van der Waals surface area contributed by atoms with Crippen LogP contribution >= 0.6 is 0 Å². The van der Waals surface area contributed by atoms with Crippen LogP contribution in [-0.4, -0.2) is 46.9 Å². The Hall–Kier alpha value is -1.99. The lowest BCUT2D eigenvalue weighted by atomic mass is 9.90. The Morgan fingerprint density at radius 2 is 2.26 bits per heavy atom. The van der Waals surface area contributed by atoms with Crippen LogP contribution in [0.4, 0.5) is 0 Å². The minimum Gasteiger partial charge on any atom is -0.391 e. The minimum absolute atomic E-state index is 0.0383. The van der Waals surface area contributed by atoms with Gasteiger partial charge in [-0.2, -0.15) is 0 Å². The van der Waals surface area contributed by atoms with Crippen molar-refractivity contribution in [2.75, 3.05) is 19.6 Å². The van der Waals surface area contributed by atoms with Gasteiger partial charge in [0.1, 0.15) is 0 Å². The van der Waals surface area contributed by atoms with E-state index in [0.29, 0.717) is 30.9 Å². The summed E-state index contributed by atoms with van der Waals surface area (Å²) in [6, 6.07) is 1.76. The first-order chi connectivity index (χ1) is 10.9. The number of rotatable bonds is 3. The van der Waals surface area contributed by atoms with Gasteiger partial charge in [-0.3, -0.25) is 4.79 Å². The molecule has 0 spiro atoms. The van der Waals surface area contributed by atoms with Crippen molar-refractivity contribution in [3.8, 4) is 0 Å². The van der Waals surface area contributed by atoms with E-state index in [1.807, 2.05) is 20.8 Å². The summed E-state index contributed by atoms with van der Waals surface area (Å²) in [7, 11) is 0. The molecular formula is C16H22N4O3. The summed E-state index contributed by atoms with van der Waals surface area (Å²) in [6.07, 6.45) is 1.07. The van der Waals surface area contributed by atoms with Gasteiger partial charge in [0, 0.05) is 37.2 Å². The highest BCUT2D eigenvalue weighted by Crippen LogP contribution is 2.28. The molecule has 0 radical (unpaired) electrons. The maximum atomic E-state index is 12.3. The van der Waals surface area contributed by atoms with Crippen molar-refractivity contribution in [2.24, 2.45) is 5.92 Å². The van der Waals surface area contributed by atoms with Crippen LogP contribution in [0.5, 0.6) is 0 Å². The highest BCUT2D eigenvalue weighted by Gasteiger charge is 2.26. The van der Waals surface area contributed by atoms with Crippen LogP contribution in [0.2, 0.25) is 0 Å². The highest BCUT2D eigenvalue weighted by molar-refractivity contribution is 5.97. The lowest BCUT2D eigenvalue weighted by molar-refractivity contribution is 0.0927.